The van der Waals surface area contributed by atoms with Gasteiger partial charge in [0.2, 0.25) is 0 Å². The molecule has 0 aliphatic carbocycles. The van der Waals surface area contributed by atoms with Gasteiger partial charge in [-0.15, -0.1) is 0 Å². The molecule has 1 heterocycles. The van der Waals surface area contributed by atoms with Crippen LogP contribution in [0.2, 0.25) is 0 Å². The molecule has 0 amide bonds. The van der Waals surface area contributed by atoms with Crippen molar-refractivity contribution in [1.82, 2.24) is 0 Å². The van der Waals surface area contributed by atoms with Crippen molar-refractivity contribution in [3.63, 3.8) is 0 Å². The lowest BCUT2D eigenvalue weighted by Crippen LogP contribution is -1.91. The zero-order chi connectivity index (χ0) is 7.94. The van der Waals surface area contributed by atoms with E-state index in [9.17, 15) is 0 Å². The first-order valence-corrected chi connectivity index (χ1v) is 3.67. The molecule has 0 fully saturated rings. The van der Waals surface area contributed by atoms with Gasteiger partial charge in [-0.1, -0.05) is 18.2 Å². The monoisotopic (exact) mass is 148 g/mol. The molecule has 0 aromatic rings. The summed E-state index contributed by atoms with van der Waals surface area (Å²) in [5, 5.41) is 0. The molecule has 0 radical (unpaired) electrons. The van der Waals surface area contributed by atoms with Crippen LogP contribution in [0.25, 0.3) is 0 Å². The van der Waals surface area contributed by atoms with Crippen molar-refractivity contribution in [1.29, 1.82) is 0 Å². The summed E-state index contributed by atoms with van der Waals surface area (Å²) < 4.78 is 0. The standard InChI is InChI=1S/C9H12N2/c10-6-2-1-3-9-4-7-11-8-5-9/h1-4,7-8H,5-6,10H2/b2-1-,9-3-. The minimum Gasteiger partial charge on any atom is -0.327 e. The Bertz CT molecular complexity index is 222. The highest BCUT2D eigenvalue weighted by molar-refractivity contribution is 5.65. The van der Waals surface area contributed by atoms with Crippen molar-refractivity contribution in [2.24, 2.45) is 10.7 Å². The topological polar surface area (TPSA) is 38.4 Å². The first kappa shape index (κ1) is 7.95. The van der Waals surface area contributed by atoms with Crippen molar-refractivity contribution in [2.75, 3.05) is 6.54 Å². The fourth-order valence-electron chi connectivity index (χ4n) is 0.820. The molecule has 2 N–H and O–H groups in total. The van der Waals surface area contributed by atoms with E-state index in [1.165, 1.54) is 5.57 Å². The first-order chi connectivity index (χ1) is 5.43. The van der Waals surface area contributed by atoms with Crippen molar-refractivity contribution >= 4 is 6.21 Å². The fraction of sp³-hybridized carbons (Fsp3) is 0.222. The molecule has 11 heavy (non-hydrogen) atoms. The van der Waals surface area contributed by atoms with Gasteiger partial charge in [0.15, 0.2) is 0 Å². The van der Waals surface area contributed by atoms with Gasteiger partial charge in [-0.2, -0.15) is 0 Å². The molecule has 1 aliphatic rings. The third kappa shape index (κ3) is 2.96. The van der Waals surface area contributed by atoms with Crippen LogP contribution in [-0.2, 0) is 0 Å². The minimum atomic E-state index is 0.599. The molecule has 0 atom stereocenters. The Balaban J connectivity index is 2.47. The van der Waals surface area contributed by atoms with Crippen molar-refractivity contribution < 1.29 is 0 Å². The van der Waals surface area contributed by atoms with Crippen LogP contribution < -0.4 is 5.73 Å². The second-order valence-corrected chi connectivity index (χ2v) is 2.26. The van der Waals surface area contributed by atoms with Gasteiger partial charge >= 0.3 is 0 Å². The largest absolute Gasteiger partial charge is 0.327 e. The summed E-state index contributed by atoms with van der Waals surface area (Å²) >= 11 is 0. The van der Waals surface area contributed by atoms with E-state index in [-0.39, 0.29) is 0 Å². The van der Waals surface area contributed by atoms with Gasteiger partial charge in [0.25, 0.3) is 0 Å². The molecule has 0 bridgehead atoms. The van der Waals surface area contributed by atoms with Crippen molar-refractivity contribution in [3.05, 3.63) is 36.1 Å². The van der Waals surface area contributed by atoms with Gasteiger partial charge < -0.3 is 5.73 Å². The van der Waals surface area contributed by atoms with Gasteiger partial charge in [0.1, 0.15) is 0 Å². The third-order valence-electron chi connectivity index (χ3n) is 1.39. The van der Waals surface area contributed by atoms with Crippen LogP contribution in [0, 0.1) is 0 Å². The Labute approximate surface area is 66.8 Å². The molecule has 0 aromatic carbocycles. The predicted octanol–water partition coefficient (Wildman–Crippen LogP) is 1.42. The number of nitrogens with zero attached hydrogens (tertiary/aromatic N) is 1. The number of allylic oxidation sites excluding steroid dienone is 4. The highest BCUT2D eigenvalue weighted by Gasteiger charge is 1.90. The van der Waals surface area contributed by atoms with Crippen LogP contribution in [0.4, 0.5) is 0 Å². The zero-order valence-electron chi connectivity index (χ0n) is 6.40. The van der Waals surface area contributed by atoms with Gasteiger partial charge in [-0.3, -0.25) is 4.99 Å². The Hall–Kier alpha value is -1.15. The van der Waals surface area contributed by atoms with Crippen LogP contribution >= 0.6 is 0 Å². The summed E-state index contributed by atoms with van der Waals surface area (Å²) in [5.74, 6) is 0. The summed E-state index contributed by atoms with van der Waals surface area (Å²) in [6.45, 7) is 0.599. The van der Waals surface area contributed by atoms with E-state index >= 15 is 0 Å². The lowest BCUT2D eigenvalue weighted by atomic mass is 10.1. The maximum Gasteiger partial charge on any atom is 0.0266 e. The Morgan fingerprint density at radius 2 is 2.55 bits per heavy atom. The molecular weight excluding hydrogens is 136 g/mol. The van der Waals surface area contributed by atoms with E-state index in [2.05, 4.69) is 11.1 Å². The van der Waals surface area contributed by atoms with Crippen molar-refractivity contribution in [2.45, 2.75) is 6.42 Å². The van der Waals surface area contributed by atoms with E-state index < -0.39 is 0 Å². The molecule has 1 aliphatic heterocycles. The molecule has 2 heteroatoms. The molecular formula is C9H12N2. The molecule has 0 saturated carbocycles. The first-order valence-electron chi connectivity index (χ1n) is 3.67. The Kier molecular flexibility index (Phi) is 3.35. The van der Waals surface area contributed by atoms with Crippen LogP contribution in [0.15, 0.2) is 41.1 Å². The molecule has 0 unspecified atom stereocenters. The summed E-state index contributed by atoms with van der Waals surface area (Å²) in [6, 6.07) is 0. The van der Waals surface area contributed by atoms with Gasteiger partial charge in [0, 0.05) is 25.4 Å². The maximum absolute atomic E-state index is 5.28. The highest BCUT2D eigenvalue weighted by atomic mass is 14.7. The molecule has 58 valence electrons. The van der Waals surface area contributed by atoms with E-state index in [1.807, 2.05) is 24.4 Å². The maximum atomic E-state index is 5.28. The molecule has 1 rings (SSSR count). The fourth-order valence-corrected chi connectivity index (χ4v) is 0.820. The summed E-state index contributed by atoms with van der Waals surface area (Å²) in [4.78, 5) is 3.96. The second kappa shape index (κ2) is 4.63. The lowest BCUT2D eigenvalue weighted by Gasteiger charge is -1.97. The molecule has 0 saturated heterocycles. The van der Waals surface area contributed by atoms with Crippen LogP contribution in [0.3, 0.4) is 0 Å². The average molecular weight is 148 g/mol. The quantitative estimate of drug-likeness (QED) is 0.631. The summed E-state index contributed by atoms with van der Waals surface area (Å²) in [7, 11) is 0. The van der Waals surface area contributed by atoms with E-state index in [0.29, 0.717) is 6.54 Å². The minimum absolute atomic E-state index is 0.599. The predicted molar refractivity (Wildman–Crippen MR) is 48.5 cm³/mol. The Morgan fingerprint density at radius 3 is 3.18 bits per heavy atom. The van der Waals surface area contributed by atoms with Gasteiger partial charge in [-0.25, -0.2) is 0 Å². The Morgan fingerprint density at radius 1 is 1.64 bits per heavy atom. The average Bonchev–Trinajstić information content (AvgIpc) is 2.07. The normalized spacial score (nSPS) is 20.3. The second-order valence-electron chi connectivity index (χ2n) is 2.26. The van der Waals surface area contributed by atoms with Gasteiger partial charge in [0.05, 0.1) is 0 Å². The number of hydrogen-bond donors (Lipinski definition) is 1. The summed E-state index contributed by atoms with van der Waals surface area (Å²) in [6.07, 6.45) is 12.6. The van der Waals surface area contributed by atoms with Gasteiger partial charge in [-0.05, 0) is 11.6 Å². The summed E-state index contributed by atoms with van der Waals surface area (Å²) in [5.41, 5.74) is 6.55. The molecule has 0 aromatic heterocycles. The molecule has 2 nitrogen and oxygen atoms in total. The van der Waals surface area contributed by atoms with Crippen molar-refractivity contribution in [3.8, 4) is 0 Å². The molecule has 0 spiro atoms. The third-order valence-corrected chi connectivity index (χ3v) is 1.39. The zero-order valence-corrected chi connectivity index (χ0v) is 6.40. The van der Waals surface area contributed by atoms with E-state index in [0.717, 1.165) is 6.42 Å². The SMILES string of the molecule is NC/C=C\C=C1\C=CN=CC1. The van der Waals surface area contributed by atoms with Crippen LogP contribution in [-0.4, -0.2) is 12.8 Å². The smallest absolute Gasteiger partial charge is 0.0266 e. The van der Waals surface area contributed by atoms with Crippen LogP contribution in [0.5, 0.6) is 0 Å². The highest BCUT2D eigenvalue weighted by Crippen LogP contribution is 2.05. The number of hydrogen-bond acceptors (Lipinski definition) is 2. The number of rotatable bonds is 2. The van der Waals surface area contributed by atoms with Crippen LogP contribution in [0.1, 0.15) is 6.42 Å². The lowest BCUT2D eigenvalue weighted by molar-refractivity contribution is 1.25. The van der Waals surface area contributed by atoms with E-state index in [4.69, 9.17) is 5.73 Å². The number of aliphatic imine (C=N–C) groups is 1. The number of nitrogens with two attached hydrogens (primary N) is 1. The van der Waals surface area contributed by atoms with E-state index in [1.54, 1.807) is 6.20 Å².